The van der Waals surface area contributed by atoms with E-state index in [1.165, 1.54) is 69.0 Å². The van der Waals surface area contributed by atoms with Crippen LogP contribution in [0.15, 0.2) is 166 Å². The molecule has 30 heteroatoms. The Labute approximate surface area is 860 Å². The summed E-state index contributed by atoms with van der Waals surface area (Å²) in [5.74, 6) is 11.1. The molecule has 0 unspecified atom stereocenters. The van der Waals surface area contributed by atoms with E-state index in [0.29, 0.717) is 99.3 Å². The number of alkyl halides is 5. The first-order chi connectivity index (χ1) is 66.9. The minimum atomic E-state index is -4.15. The second kappa shape index (κ2) is 73.4. The van der Waals surface area contributed by atoms with Gasteiger partial charge in [0.15, 0.2) is 0 Å². The topological polar surface area (TPSA) is 333 Å². The number of nitrogens with zero attached hydrogens (tertiary/aromatic N) is 11. The van der Waals surface area contributed by atoms with E-state index >= 15 is 0 Å². The molecule has 0 atom stereocenters. The van der Waals surface area contributed by atoms with Crippen LogP contribution >= 0.6 is 0 Å². The van der Waals surface area contributed by atoms with Gasteiger partial charge in [0.2, 0.25) is 23.4 Å². The minimum absolute atomic E-state index is 0. The molecular formula is C114H176F6N14O10. The minimum Gasteiger partial charge on any atom is -0.375 e. The highest BCUT2D eigenvalue weighted by Crippen LogP contribution is 2.50. The summed E-state index contributed by atoms with van der Waals surface area (Å²) in [6.07, 6.45) is 27.1. The lowest BCUT2D eigenvalue weighted by Crippen LogP contribution is -2.55. The Bertz CT molecular complexity index is 4610. The van der Waals surface area contributed by atoms with Gasteiger partial charge in [-0.1, -0.05) is 221 Å². The first kappa shape index (κ1) is 136. The lowest BCUT2D eigenvalue weighted by molar-refractivity contribution is -0.164. The van der Waals surface area contributed by atoms with Crippen LogP contribution in [0.2, 0.25) is 0 Å². The molecule has 144 heavy (non-hydrogen) atoms. The van der Waals surface area contributed by atoms with Crippen molar-refractivity contribution in [2.75, 3.05) is 0 Å². The molecule has 2 amide bonds. The first-order valence-corrected chi connectivity index (χ1v) is 50.1. The maximum absolute atomic E-state index is 12.9. The molecule has 2 aliphatic rings. The maximum atomic E-state index is 12.9. The van der Waals surface area contributed by atoms with Gasteiger partial charge in [-0.25, -0.2) is 28.1 Å². The zero-order valence-corrected chi connectivity index (χ0v) is 92.2. The highest BCUT2D eigenvalue weighted by Gasteiger charge is 2.63. The summed E-state index contributed by atoms with van der Waals surface area (Å²) in [4.78, 5) is 139. The monoisotopic (exact) mass is 2020 g/mol. The summed E-state index contributed by atoms with van der Waals surface area (Å²) in [6, 6.07) is 19.5. The zero-order chi connectivity index (χ0) is 111. The normalized spacial score (nSPS) is 12.0. The van der Waals surface area contributed by atoms with E-state index in [1.807, 2.05) is 208 Å². The fourth-order valence-corrected chi connectivity index (χ4v) is 10.5. The summed E-state index contributed by atoms with van der Waals surface area (Å²) in [5.41, 5.74) is 3.63. The van der Waals surface area contributed by atoms with Crippen molar-refractivity contribution in [3.05, 3.63) is 200 Å². The number of carbonyl (C=O) groups is 10. The number of nitrogens with one attached hydrogen (secondary N) is 3. The van der Waals surface area contributed by atoms with Crippen LogP contribution in [0.25, 0.3) is 0 Å². The van der Waals surface area contributed by atoms with Gasteiger partial charge in [0.05, 0.1) is 11.2 Å². The molecule has 804 valence electrons. The molecule has 0 radical (unpaired) electrons. The second-order valence-corrected chi connectivity index (χ2v) is 40.5. The predicted molar refractivity (Wildman–Crippen MR) is 568 cm³/mol. The molecule has 6 heterocycles. The molecule has 0 aliphatic heterocycles. The van der Waals surface area contributed by atoms with Crippen LogP contribution in [0, 0.1) is 112 Å². The fourth-order valence-electron chi connectivity index (χ4n) is 10.5. The van der Waals surface area contributed by atoms with Gasteiger partial charge in [0.25, 0.3) is 5.92 Å². The van der Waals surface area contributed by atoms with Gasteiger partial charge in [-0.05, 0) is 182 Å². The fraction of sp³-hybridized carbons (Fsp3) is 0.588. The van der Waals surface area contributed by atoms with E-state index in [1.54, 1.807) is 98.2 Å². The van der Waals surface area contributed by atoms with Crippen LogP contribution in [-0.2, 0) is 93.3 Å². The molecular weight excluding hydrogens is 1840 g/mol. The number of ketones is 8. The molecule has 7 aromatic rings. The van der Waals surface area contributed by atoms with Crippen LogP contribution in [-0.4, -0.2) is 136 Å². The standard InChI is InChI=1S/C11H14FNO.2C11H15NO.2C10H14N2O.C10H16O.C9H14F3N.C9H17F2NO.C9H14N2O.C9H16.C8H13N3O.C7H10O.2H2/c1-8(2)11(14)13-7-9-3-5-10(12)6-4-9;1-9(2)11(13)4-3-10-5-7-12-8-6-10;1-9(2)11(13)7-6-10-5-3-4-8-12-10;1-8(2)10(13)4-3-9-7-11-5-6-12-9;1-8(2)10(13)4-3-9-5-6-11-7-12-9;1-8(2)9(11)6-7-10(3,4)5;1-6(2)7(3)13-8(4-5-8)9(10,11)12;1-6(2)7(13)12-8(3,4)9(5,10)11;1-8(2)9(12)4-7-11-6-3-5-10-11;1-7(2)8(3)9-5-4-6-9;1-7(2)8(12)3-4-11-6-9-5-10-11;1-4-5-7(8)6(2)3;;/h3-6,8H,7H2,1-2H3,(H,13,14);5-9H,3-4H2,1-2H3;3-5,8-9H,6-7H2,1-2H3;2*5-8H,3-4H2,1-2H3;8H,1-5H3;6,13H,3-5H2,1-2H3;6H,1-5H3,(H,12,13);3,5-6,8H,4,7H2,1-2H3;7,9H,3-6H2,1-2H3;5-7H,3-4H2,1-2H3;6H,1-3H3;2*1H. The molecule has 1 aromatic carbocycles. The third-order valence-corrected chi connectivity index (χ3v) is 21.9. The molecule has 0 bridgehead atoms. The Morgan fingerprint density at radius 1 is 0.444 bits per heavy atom. The summed E-state index contributed by atoms with van der Waals surface area (Å²) >= 11 is 0. The number of amides is 2. The molecule has 9 rings (SSSR count). The Morgan fingerprint density at radius 2 is 0.903 bits per heavy atom. The number of benzene rings is 1. The highest BCUT2D eigenvalue weighted by molar-refractivity contribution is 5.97. The lowest BCUT2D eigenvalue weighted by Gasteiger charge is -2.32. The van der Waals surface area contributed by atoms with Crippen molar-refractivity contribution in [2.24, 2.45) is 82.3 Å². The van der Waals surface area contributed by atoms with Crippen molar-refractivity contribution < 1.29 is 77.1 Å². The number of halogens is 6. The Morgan fingerprint density at radius 3 is 1.25 bits per heavy atom. The van der Waals surface area contributed by atoms with Crippen LogP contribution in [0.5, 0.6) is 0 Å². The van der Waals surface area contributed by atoms with Crippen LogP contribution < -0.4 is 16.0 Å². The molecule has 2 aliphatic carbocycles. The van der Waals surface area contributed by atoms with Gasteiger partial charge >= 0.3 is 6.18 Å². The summed E-state index contributed by atoms with van der Waals surface area (Å²) < 4.78 is 79.0. The van der Waals surface area contributed by atoms with Crippen molar-refractivity contribution in [2.45, 2.75) is 354 Å². The van der Waals surface area contributed by atoms with Crippen LogP contribution in [0.4, 0.5) is 26.3 Å². The lowest BCUT2D eigenvalue weighted by atomic mass is 9.76. The highest BCUT2D eigenvalue weighted by atomic mass is 19.4. The number of hydrogen-bond acceptors (Lipinski definition) is 20. The third-order valence-electron chi connectivity index (χ3n) is 21.9. The van der Waals surface area contributed by atoms with Gasteiger partial charge < -0.3 is 16.0 Å². The SMILES string of the molecule is C=C(C(C)C)C1CCC1.C=C(NC1(C(F)(F)F)CC1)C(C)C.CC#CC(=O)C(C)C.CC(C)C(=O)C#CC(C)(C)C.CC(C)C(=O)CCc1ccccn1.CC(C)C(=O)CCc1ccncc1.CC(C)C(=O)CCc1ccncn1.CC(C)C(=O)CCc1cnccn1.CC(C)C(=O)CCn1cccn1.CC(C)C(=O)CCn1cncn1.CC(C)C(=O)NC(C)(C)C(C)(F)F.CC(C)C(=O)NCc1ccc(F)cc1.[HH].[HH]. The Hall–Kier alpha value is -11.7. The molecule has 2 saturated carbocycles. The maximum Gasteiger partial charge on any atom is 0.411 e. The zero-order valence-electron chi connectivity index (χ0n) is 92.2. The number of allylic oxidation sites excluding steroid dienone is 2. The first-order valence-electron chi connectivity index (χ1n) is 50.1. The number of carbonyl (C=O) groups excluding carboxylic acids is 10. The average Bonchev–Trinajstić information content (AvgIpc) is 1.60. The molecule has 0 saturated heterocycles. The molecule has 24 nitrogen and oxygen atoms in total. The van der Waals surface area contributed by atoms with E-state index in [4.69, 9.17) is 0 Å². The number of Topliss-reactive ketones (excluding diaryl/α,β-unsaturated/α-hetero) is 8. The van der Waals surface area contributed by atoms with Crippen molar-refractivity contribution in [1.82, 2.24) is 70.4 Å². The van der Waals surface area contributed by atoms with Gasteiger partial charge in [-0.2, -0.15) is 23.4 Å². The summed E-state index contributed by atoms with van der Waals surface area (Å²) in [5, 5.41) is 15.5. The predicted octanol–water partition coefficient (Wildman–Crippen LogP) is 24.3. The quantitative estimate of drug-likeness (QED) is 0.0141. The number of hydrogen-bond donors (Lipinski definition) is 3. The largest absolute Gasteiger partial charge is 0.411 e. The summed E-state index contributed by atoms with van der Waals surface area (Å²) in [6.45, 7) is 66.1. The van der Waals surface area contributed by atoms with E-state index < -0.39 is 23.2 Å². The number of rotatable bonds is 37. The second-order valence-electron chi connectivity index (χ2n) is 40.5. The van der Waals surface area contributed by atoms with Gasteiger partial charge in [0, 0.05) is 205 Å². The van der Waals surface area contributed by atoms with E-state index in [-0.39, 0.29) is 127 Å². The van der Waals surface area contributed by atoms with Crippen molar-refractivity contribution in [1.29, 1.82) is 0 Å². The van der Waals surface area contributed by atoms with Crippen LogP contribution in [0.3, 0.4) is 0 Å². The smallest absolute Gasteiger partial charge is 0.375 e. The number of aromatic nitrogens is 11. The molecule has 6 aromatic heterocycles. The van der Waals surface area contributed by atoms with E-state index in [0.717, 1.165) is 54.7 Å². The van der Waals surface area contributed by atoms with Crippen LogP contribution in [0.1, 0.15) is 316 Å². The number of aryl methyl sites for hydroxylation is 6. The molecule has 0 spiro atoms. The van der Waals surface area contributed by atoms with Gasteiger partial charge in [-0.3, -0.25) is 77.2 Å². The van der Waals surface area contributed by atoms with Gasteiger partial charge in [0.1, 0.15) is 65.0 Å². The van der Waals surface area contributed by atoms with Gasteiger partial charge in [-0.15, -0.1) is 0 Å². The van der Waals surface area contributed by atoms with Crippen molar-refractivity contribution >= 4 is 58.1 Å². The van der Waals surface area contributed by atoms with E-state index in [9.17, 15) is 74.3 Å². The molecule has 3 N–H and O–H groups in total. The average molecular weight is 2020 g/mol. The third kappa shape index (κ3) is 67.8. The number of pyridine rings is 2. The van der Waals surface area contributed by atoms with Crippen molar-refractivity contribution in [3.63, 3.8) is 0 Å². The Kier molecular flexibility index (Phi) is 69.5. The Balaban J connectivity index is -0.000000496. The van der Waals surface area contributed by atoms with E-state index in [2.05, 4.69) is 112 Å². The van der Waals surface area contributed by atoms with Crippen molar-refractivity contribution in [3.8, 4) is 23.7 Å². The summed E-state index contributed by atoms with van der Waals surface area (Å²) in [7, 11) is 0. The molecule has 2 fully saturated rings.